The number of piperidine rings is 1. The zero-order valence-corrected chi connectivity index (χ0v) is 18.4. The second-order valence-corrected chi connectivity index (χ2v) is 10.2. The Bertz CT molecular complexity index is 890. The Labute approximate surface area is 176 Å². The van der Waals surface area contributed by atoms with Gasteiger partial charge in [-0.1, -0.05) is 12.5 Å². The van der Waals surface area contributed by atoms with Gasteiger partial charge >= 0.3 is 6.03 Å². The van der Waals surface area contributed by atoms with Crippen molar-refractivity contribution >= 4 is 33.1 Å². The summed E-state index contributed by atoms with van der Waals surface area (Å²) in [5.41, 5.74) is 0.553. The number of hydrogen-bond acceptors (Lipinski definition) is 5. The Kier molecular flexibility index (Phi) is 7.28. The van der Waals surface area contributed by atoms with Gasteiger partial charge in [-0.3, -0.25) is 0 Å². The minimum Gasteiger partial charge on any atom is -0.336 e. The molecule has 0 bridgehead atoms. The largest absolute Gasteiger partial charge is 0.336 e. The number of carbonyl (C=O) groups excluding carboxylic acids is 1. The summed E-state index contributed by atoms with van der Waals surface area (Å²) in [7, 11) is 0.493. The van der Waals surface area contributed by atoms with E-state index in [0.717, 1.165) is 19.3 Å². The van der Waals surface area contributed by atoms with Crippen LogP contribution in [-0.4, -0.2) is 57.4 Å². The summed E-state index contributed by atoms with van der Waals surface area (Å²) < 4.78 is 26.9. The molecule has 0 radical (unpaired) electrons. The van der Waals surface area contributed by atoms with E-state index >= 15 is 0 Å². The van der Waals surface area contributed by atoms with Crippen molar-refractivity contribution < 1.29 is 13.2 Å². The van der Waals surface area contributed by atoms with Crippen molar-refractivity contribution in [3.63, 3.8) is 0 Å². The molecule has 0 spiro atoms. The van der Waals surface area contributed by atoms with E-state index < -0.39 is 10.0 Å². The van der Waals surface area contributed by atoms with Gasteiger partial charge in [0, 0.05) is 30.2 Å². The number of thiophene rings is 1. The number of urea groups is 1. The summed E-state index contributed by atoms with van der Waals surface area (Å²) in [6, 6.07) is 10.2. The molecule has 2 amide bonds. The fourth-order valence-electron chi connectivity index (χ4n) is 3.35. The van der Waals surface area contributed by atoms with Gasteiger partial charge in [-0.25, -0.2) is 13.2 Å². The number of nitrogens with zero attached hydrogens (tertiary/aromatic N) is 2. The van der Waals surface area contributed by atoms with Crippen LogP contribution in [0.15, 0.2) is 46.7 Å². The summed E-state index contributed by atoms with van der Waals surface area (Å²) >= 11 is 1.66. The molecule has 1 saturated heterocycles. The van der Waals surface area contributed by atoms with E-state index in [1.807, 2.05) is 25.5 Å². The number of anilines is 1. The number of likely N-dealkylation sites (N-methyl/N-ethyl adjacent to an activating group) is 1. The van der Waals surface area contributed by atoms with E-state index in [0.29, 0.717) is 25.3 Å². The highest BCUT2D eigenvalue weighted by Crippen LogP contribution is 2.23. The molecule has 2 aromatic rings. The quantitative estimate of drug-likeness (QED) is 0.697. The molecule has 0 unspecified atom stereocenters. The topological polar surface area (TPSA) is 81.8 Å². The molecule has 2 N–H and O–H groups in total. The van der Waals surface area contributed by atoms with Crippen molar-refractivity contribution in [1.82, 2.24) is 14.5 Å². The van der Waals surface area contributed by atoms with E-state index in [1.54, 1.807) is 35.6 Å². The van der Waals surface area contributed by atoms with Crippen LogP contribution < -0.4 is 10.6 Å². The van der Waals surface area contributed by atoms with Crippen molar-refractivity contribution in [3.8, 4) is 0 Å². The molecule has 1 aliphatic heterocycles. The minimum atomic E-state index is -3.46. The summed E-state index contributed by atoms with van der Waals surface area (Å²) in [4.78, 5) is 15.8. The highest BCUT2D eigenvalue weighted by atomic mass is 32.2. The lowest BCUT2D eigenvalue weighted by molar-refractivity contribution is 0.244. The van der Waals surface area contributed by atoms with Crippen LogP contribution >= 0.6 is 11.3 Å². The first kappa shape index (κ1) is 21.8. The van der Waals surface area contributed by atoms with Crippen LogP contribution in [0.2, 0.25) is 0 Å². The second-order valence-electron chi connectivity index (χ2n) is 7.32. The Morgan fingerprint density at radius 2 is 1.83 bits per heavy atom. The first-order chi connectivity index (χ1) is 13.9. The Hall–Kier alpha value is -1.94. The van der Waals surface area contributed by atoms with Crippen molar-refractivity contribution in [1.29, 1.82) is 0 Å². The van der Waals surface area contributed by atoms with Crippen molar-refractivity contribution in [3.05, 3.63) is 46.7 Å². The third-order valence-electron chi connectivity index (χ3n) is 5.02. The van der Waals surface area contributed by atoms with Gasteiger partial charge in [0.1, 0.15) is 0 Å². The van der Waals surface area contributed by atoms with Gasteiger partial charge in [0.2, 0.25) is 10.0 Å². The molecule has 7 nitrogen and oxygen atoms in total. The number of hydrogen-bond donors (Lipinski definition) is 2. The zero-order valence-electron chi connectivity index (χ0n) is 16.8. The maximum atomic E-state index is 12.7. The SMILES string of the molecule is CN(C)[C@@H](CNC(=O)Nc1ccc(S(=O)(=O)N2CCCCC2)cc1)c1cccs1. The Morgan fingerprint density at radius 3 is 2.41 bits per heavy atom. The van der Waals surface area contributed by atoms with Gasteiger partial charge in [0.05, 0.1) is 10.9 Å². The van der Waals surface area contributed by atoms with Gasteiger partial charge in [0.15, 0.2) is 0 Å². The lowest BCUT2D eigenvalue weighted by atomic mass is 10.2. The molecule has 2 heterocycles. The average Bonchev–Trinajstić information content (AvgIpc) is 3.23. The van der Waals surface area contributed by atoms with E-state index in [2.05, 4.69) is 21.6 Å². The highest BCUT2D eigenvalue weighted by molar-refractivity contribution is 7.89. The van der Waals surface area contributed by atoms with Gasteiger partial charge in [-0.2, -0.15) is 4.31 Å². The maximum absolute atomic E-state index is 12.7. The molecule has 9 heteroatoms. The molecule has 0 saturated carbocycles. The molecule has 3 rings (SSSR count). The van der Waals surface area contributed by atoms with Gasteiger partial charge in [-0.05, 0) is 62.6 Å². The smallest absolute Gasteiger partial charge is 0.319 e. The number of sulfonamides is 1. The molecule has 158 valence electrons. The third kappa shape index (κ3) is 5.57. The van der Waals surface area contributed by atoms with Crippen LogP contribution in [0, 0.1) is 0 Å². The Balaban J connectivity index is 1.57. The lowest BCUT2D eigenvalue weighted by Crippen LogP contribution is -2.36. The van der Waals surface area contributed by atoms with Gasteiger partial charge in [0.25, 0.3) is 0 Å². The molecular weight excluding hydrogens is 408 g/mol. The average molecular weight is 437 g/mol. The van der Waals surface area contributed by atoms with E-state index in [-0.39, 0.29) is 17.0 Å². The van der Waals surface area contributed by atoms with Crippen LogP contribution in [-0.2, 0) is 10.0 Å². The number of benzene rings is 1. The summed E-state index contributed by atoms with van der Waals surface area (Å²) in [6.07, 6.45) is 2.88. The van der Waals surface area contributed by atoms with Gasteiger partial charge in [-0.15, -0.1) is 11.3 Å². The third-order valence-corrected chi connectivity index (χ3v) is 7.90. The summed E-state index contributed by atoms with van der Waals surface area (Å²) in [5.74, 6) is 0. The zero-order chi connectivity index (χ0) is 20.9. The number of nitrogens with one attached hydrogen (secondary N) is 2. The minimum absolute atomic E-state index is 0.0952. The van der Waals surface area contributed by atoms with Crippen molar-refractivity contribution in [2.24, 2.45) is 0 Å². The van der Waals surface area contributed by atoms with E-state index in [4.69, 9.17) is 0 Å². The number of amides is 2. The number of rotatable bonds is 7. The van der Waals surface area contributed by atoms with Gasteiger partial charge < -0.3 is 15.5 Å². The molecular formula is C20H28N4O3S2. The number of carbonyl (C=O) groups is 1. The maximum Gasteiger partial charge on any atom is 0.319 e. The van der Waals surface area contributed by atoms with E-state index in [1.165, 1.54) is 9.18 Å². The molecule has 1 aliphatic rings. The fourth-order valence-corrected chi connectivity index (χ4v) is 5.79. The molecule has 1 aromatic heterocycles. The first-order valence-corrected chi connectivity index (χ1v) is 12.0. The van der Waals surface area contributed by atoms with E-state index in [9.17, 15) is 13.2 Å². The van der Waals surface area contributed by atoms with Crippen LogP contribution in [0.1, 0.15) is 30.2 Å². The predicted octanol–water partition coefficient (Wildman–Crippen LogP) is 3.35. The van der Waals surface area contributed by atoms with Crippen molar-refractivity contribution in [2.45, 2.75) is 30.2 Å². The molecule has 29 heavy (non-hydrogen) atoms. The van der Waals surface area contributed by atoms with Crippen LogP contribution in [0.4, 0.5) is 10.5 Å². The van der Waals surface area contributed by atoms with Crippen molar-refractivity contribution in [2.75, 3.05) is 39.0 Å². The highest BCUT2D eigenvalue weighted by Gasteiger charge is 2.25. The Morgan fingerprint density at radius 1 is 1.14 bits per heavy atom. The lowest BCUT2D eigenvalue weighted by Gasteiger charge is -2.26. The molecule has 1 atom stereocenters. The standard InChI is InChI=1S/C20H28N4O3S2/c1-23(2)18(19-7-6-14-28-19)15-21-20(25)22-16-8-10-17(11-9-16)29(26,27)24-12-4-3-5-13-24/h6-11,14,18H,3-5,12-13,15H2,1-2H3,(H2,21,22,25)/t18-/m0/s1. The van der Waals surface area contributed by atoms with Crippen LogP contribution in [0.25, 0.3) is 0 Å². The summed E-state index contributed by atoms with van der Waals surface area (Å²) in [6.45, 7) is 1.62. The predicted molar refractivity (Wildman–Crippen MR) is 117 cm³/mol. The summed E-state index contributed by atoms with van der Waals surface area (Å²) in [5, 5.41) is 7.67. The van der Waals surface area contributed by atoms with Crippen LogP contribution in [0.3, 0.4) is 0 Å². The normalized spacial score (nSPS) is 16.5. The molecule has 1 aromatic carbocycles. The fraction of sp³-hybridized carbons (Fsp3) is 0.450. The first-order valence-electron chi connectivity index (χ1n) is 9.73. The monoisotopic (exact) mass is 436 g/mol. The van der Waals surface area contributed by atoms with Crippen LogP contribution in [0.5, 0.6) is 0 Å². The molecule has 0 aliphatic carbocycles. The molecule has 1 fully saturated rings. The second kappa shape index (κ2) is 9.71.